The van der Waals surface area contributed by atoms with E-state index in [1.807, 2.05) is 6.92 Å². The van der Waals surface area contributed by atoms with Crippen molar-refractivity contribution in [1.82, 2.24) is 10.3 Å². The first-order valence-corrected chi connectivity index (χ1v) is 8.21. The number of hydrogen-bond donors (Lipinski definition) is 2. The number of carbonyl (C=O) groups excluding carboxylic acids is 3. The van der Waals surface area contributed by atoms with Crippen molar-refractivity contribution in [3.63, 3.8) is 0 Å². The van der Waals surface area contributed by atoms with Crippen LogP contribution in [0.1, 0.15) is 22.2 Å². The molecule has 0 aliphatic carbocycles. The highest BCUT2D eigenvalue weighted by atomic mass is 32.1. The van der Waals surface area contributed by atoms with Crippen molar-refractivity contribution in [2.45, 2.75) is 19.9 Å². The Morgan fingerprint density at radius 3 is 2.83 bits per heavy atom. The molecule has 7 nitrogen and oxygen atoms in total. The fraction of sp³-hybridized carbons (Fsp3) is 0.250. The second-order valence-corrected chi connectivity index (χ2v) is 6.70. The number of nitrogens with zero attached hydrogens (tertiary/aromatic N) is 2. The molecule has 0 fully saturated rings. The Labute approximate surface area is 142 Å². The first-order chi connectivity index (χ1) is 11.5. The Balaban J connectivity index is 1.86. The van der Waals surface area contributed by atoms with Gasteiger partial charge in [0.2, 0.25) is 11.8 Å². The van der Waals surface area contributed by atoms with E-state index < -0.39 is 6.04 Å². The summed E-state index contributed by atoms with van der Waals surface area (Å²) in [5.41, 5.74) is 0.794. The molecule has 3 amide bonds. The van der Waals surface area contributed by atoms with Crippen molar-refractivity contribution >= 4 is 39.9 Å². The van der Waals surface area contributed by atoms with Gasteiger partial charge in [-0.25, -0.2) is 4.98 Å². The van der Waals surface area contributed by atoms with E-state index in [2.05, 4.69) is 15.6 Å². The fourth-order valence-corrected chi connectivity index (χ4v) is 3.15. The van der Waals surface area contributed by atoms with Crippen LogP contribution >= 0.6 is 11.3 Å². The Bertz CT molecular complexity index is 817. The lowest BCUT2D eigenvalue weighted by Crippen LogP contribution is -2.46. The van der Waals surface area contributed by atoms with E-state index in [0.29, 0.717) is 16.4 Å². The summed E-state index contributed by atoms with van der Waals surface area (Å²) in [6.45, 7) is 3.30. The molecule has 0 spiro atoms. The monoisotopic (exact) mass is 344 g/mol. The molecule has 24 heavy (non-hydrogen) atoms. The van der Waals surface area contributed by atoms with Gasteiger partial charge in [-0.2, -0.15) is 0 Å². The van der Waals surface area contributed by atoms with E-state index in [1.54, 1.807) is 37.4 Å². The molecular formula is C16H16N4O3S. The number of aryl methyl sites for hydroxylation is 1. The minimum Gasteiger partial charge on any atom is -0.340 e. The predicted molar refractivity (Wildman–Crippen MR) is 91.2 cm³/mol. The van der Waals surface area contributed by atoms with Gasteiger partial charge in [-0.1, -0.05) is 12.1 Å². The lowest BCUT2D eigenvalue weighted by molar-refractivity contribution is -0.122. The van der Waals surface area contributed by atoms with Crippen molar-refractivity contribution in [1.29, 1.82) is 0 Å². The minimum atomic E-state index is -0.709. The van der Waals surface area contributed by atoms with E-state index in [0.717, 1.165) is 4.88 Å². The van der Waals surface area contributed by atoms with Gasteiger partial charge in [-0.05, 0) is 26.0 Å². The van der Waals surface area contributed by atoms with Crippen LogP contribution in [-0.2, 0) is 9.59 Å². The molecule has 0 saturated heterocycles. The summed E-state index contributed by atoms with van der Waals surface area (Å²) in [5.74, 6) is -1.03. The number of hydrogen-bond acceptors (Lipinski definition) is 5. The van der Waals surface area contributed by atoms with E-state index in [1.165, 1.54) is 16.2 Å². The van der Waals surface area contributed by atoms with E-state index in [-0.39, 0.29) is 24.3 Å². The lowest BCUT2D eigenvalue weighted by Gasteiger charge is -2.23. The first kappa shape index (κ1) is 16.1. The zero-order valence-electron chi connectivity index (χ0n) is 13.2. The topological polar surface area (TPSA) is 91.4 Å². The van der Waals surface area contributed by atoms with Gasteiger partial charge in [0.1, 0.15) is 12.6 Å². The number of amides is 3. The van der Waals surface area contributed by atoms with E-state index in [9.17, 15) is 14.4 Å². The van der Waals surface area contributed by atoms with Crippen molar-refractivity contribution < 1.29 is 14.4 Å². The molecule has 1 aliphatic rings. The van der Waals surface area contributed by atoms with Gasteiger partial charge in [0.05, 0.1) is 11.3 Å². The second kappa shape index (κ2) is 6.40. The molecule has 124 valence electrons. The smallest absolute Gasteiger partial charge is 0.254 e. The minimum absolute atomic E-state index is 0.187. The molecule has 2 heterocycles. The van der Waals surface area contributed by atoms with Crippen molar-refractivity contribution in [3.8, 4) is 0 Å². The average molecular weight is 344 g/mol. The zero-order chi connectivity index (χ0) is 17.3. The van der Waals surface area contributed by atoms with Crippen LogP contribution in [0.5, 0.6) is 0 Å². The summed E-state index contributed by atoms with van der Waals surface area (Å²) < 4.78 is 0. The van der Waals surface area contributed by atoms with Crippen molar-refractivity contribution in [3.05, 3.63) is 40.9 Å². The van der Waals surface area contributed by atoms with Gasteiger partial charge in [-0.15, -0.1) is 11.3 Å². The van der Waals surface area contributed by atoms with Crippen LogP contribution in [0.15, 0.2) is 30.5 Å². The molecule has 3 rings (SSSR count). The maximum absolute atomic E-state index is 12.6. The summed E-state index contributed by atoms with van der Waals surface area (Å²) in [5, 5.41) is 5.79. The number of fused-ring (bicyclic) bond motifs is 1. The van der Waals surface area contributed by atoms with Crippen LogP contribution in [-0.4, -0.2) is 35.3 Å². The summed E-state index contributed by atoms with van der Waals surface area (Å²) in [6.07, 6.45) is 1.66. The third kappa shape index (κ3) is 3.13. The fourth-order valence-electron chi connectivity index (χ4n) is 2.47. The third-order valence-electron chi connectivity index (χ3n) is 3.59. The van der Waals surface area contributed by atoms with Crippen LogP contribution in [0.2, 0.25) is 0 Å². The molecule has 2 aromatic rings. The Morgan fingerprint density at radius 1 is 1.38 bits per heavy atom. The molecule has 1 aliphatic heterocycles. The van der Waals surface area contributed by atoms with E-state index in [4.69, 9.17) is 0 Å². The Hall–Kier alpha value is -2.74. The van der Waals surface area contributed by atoms with Gasteiger partial charge < -0.3 is 15.5 Å². The number of thiazole rings is 1. The van der Waals surface area contributed by atoms with Crippen LogP contribution < -0.4 is 15.5 Å². The molecule has 1 unspecified atom stereocenters. The van der Waals surface area contributed by atoms with Gasteiger partial charge in [-0.3, -0.25) is 14.4 Å². The number of rotatable bonds is 3. The summed E-state index contributed by atoms with van der Waals surface area (Å²) in [6, 6.07) is 6.02. The van der Waals surface area contributed by atoms with E-state index >= 15 is 0 Å². The standard InChI is InChI=1S/C16H16N4O3S/c1-9-7-17-16(24-9)19-13(21)8-20-12-6-4-3-5-11(12)14(22)18-10(2)15(20)23/h3-7,10H,8H2,1-2H3,(H,18,22)(H,17,19,21). The number of para-hydroxylation sites is 1. The molecule has 1 atom stereocenters. The molecule has 0 saturated carbocycles. The molecule has 1 aromatic heterocycles. The summed E-state index contributed by atoms with van der Waals surface area (Å²) in [7, 11) is 0. The van der Waals surface area contributed by atoms with Crippen molar-refractivity contribution in [2.24, 2.45) is 0 Å². The predicted octanol–water partition coefficient (Wildman–Crippen LogP) is 1.56. The first-order valence-electron chi connectivity index (χ1n) is 7.39. The SMILES string of the molecule is Cc1cnc(NC(=O)CN2C(=O)C(C)NC(=O)c3ccccc32)s1. The van der Waals surface area contributed by atoms with Crippen LogP contribution in [0.25, 0.3) is 0 Å². The Kier molecular flexibility index (Phi) is 4.30. The lowest BCUT2D eigenvalue weighted by atomic mass is 10.1. The number of nitrogens with one attached hydrogen (secondary N) is 2. The zero-order valence-corrected chi connectivity index (χ0v) is 14.0. The van der Waals surface area contributed by atoms with Crippen LogP contribution in [0, 0.1) is 6.92 Å². The van der Waals surface area contributed by atoms with Crippen LogP contribution in [0.4, 0.5) is 10.8 Å². The molecule has 1 aromatic carbocycles. The quantitative estimate of drug-likeness (QED) is 0.884. The third-order valence-corrected chi connectivity index (χ3v) is 4.42. The average Bonchev–Trinajstić information content (AvgIpc) is 2.93. The molecule has 2 N–H and O–H groups in total. The summed E-state index contributed by atoms with van der Waals surface area (Å²) in [4.78, 5) is 43.4. The molecule has 8 heteroatoms. The van der Waals surface area contributed by atoms with Gasteiger partial charge in [0.25, 0.3) is 5.91 Å². The van der Waals surface area contributed by atoms with Gasteiger partial charge in [0.15, 0.2) is 5.13 Å². The number of anilines is 2. The maximum atomic E-state index is 12.6. The maximum Gasteiger partial charge on any atom is 0.254 e. The number of aromatic nitrogens is 1. The number of carbonyl (C=O) groups is 3. The highest BCUT2D eigenvalue weighted by molar-refractivity contribution is 7.15. The second-order valence-electron chi connectivity index (χ2n) is 5.46. The molecule has 0 bridgehead atoms. The normalized spacial score (nSPS) is 17.1. The van der Waals surface area contributed by atoms with Crippen molar-refractivity contribution in [2.75, 3.05) is 16.8 Å². The highest BCUT2D eigenvalue weighted by Crippen LogP contribution is 2.24. The van der Waals surface area contributed by atoms with Gasteiger partial charge in [0, 0.05) is 11.1 Å². The molecule has 0 radical (unpaired) electrons. The number of benzene rings is 1. The van der Waals surface area contributed by atoms with Gasteiger partial charge >= 0.3 is 0 Å². The highest BCUT2D eigenvalue weighted by Gasteiger charge is 2.32. The Morgan fingerprint density at radius 2 is 2.12 bits per heavy atom. The van der Waals surface area contributed by atoms with Crippen LogP contribution in [0.3, 0.4) is 0 Å². The summed E-state index contributed by atoms with van der Waals surface area (Å²) >= 11 is 1.36. The molecular weight excluding hydrogens is 328 g/mol. The largest absolute Gasteiger partial charge is 0.340 e.